The number of hydrogen-bond donors (Lipinski definition) is 2. The van der Waals surface area contributed by atoms with Gasteiger partial charge in [-0.25, -0.2) is 0 Å². The summed E-state index contributed by atoms with van der Waals surface area (Å²) in [4.78, 5) is 12.6. The standard InChI is InChI=1S/C17H26N2O2/c1-12-7-6-10-17(18,11-12)16(20)19-13(2)14-8-4-5-9-15(14)21-3/h4-5,8-9,12-13H,6-7,10-11,18H2,1-3H3,(H,19,20)/t12?,13-,17?/m0/s1. The third kappa shape index (κ3) is 3.56. The molecular formula is C17H26N2O2. The van der Waals surface area contributed by atoms with E-state index in [4.69, 9.17) is 10.5 Å². The lowest BCUT2D eigenvalue weighted by Gasteiger charge is -2.36. The normalized spacial score (nSPS) is 27.0. The van der Waals surface area contributed by atoms with Crippen molar-refractivity contribution in [1.82, 2.24) is 5.32 Å². The number of benzene rings is 1. The Kier molecular flexibility index (Phi) is 4.88. The number of nitrogens with one attached hydrogen (secondary N) is 1. The number of nitrogens with two attached hydrogens (primary N) is 1. The van der Waals surface area contributed by atoms with Crippen molar-refractivity contribution in [3.63, 3.8) is 0 Å². The van der Waals surface area contributed by atoms with Gasteiger partial charge in [-0.3, -0.25) is 4.79 Å². The molecular weight excluding hydrogens is 264 g/mol. The summed E-state index contributed by atoms with van der Waals surface area (Å²) in [5.41, 5.74) is 6.59. The summed E-state index contributed by atoms with van der Waals surface area (Å²) in [6.45, 7) is 4.13. The molecule has 3 N–H and O–H groups in total. The fourth-order valence-corrected chi connectivity index (χ4v) is 3.24. The molecule has 1 amide bonds. The third-order valence-electron chi connectivity index (χ3n) is 4.44. The van der Waals surface area contributed by atoms with Crippen molar-refractivity contribution in [2.24, 2.45) is 11.7 Å². The van der Waals surface area contributed by atoms with Crippen LogP contribution >= 0.6 is 0 Å². The zero-order valence-electron chi connectivity index (χ0n) is 13.2. The molecule has 4 nitrogen and oxygen atoms in total. The highest BCUT2D eigenvalue weighted by molar-refractivity contribution is 5.86. The summed E-state index contributed by atoms with van der Waals surface area (Å²) in [6, 6.07) is 7.62. The van der Waals surface area contributed by atoms with Crippen LogP contribution in [0.5, 0.6) is 5.75 Å². The van der Waals surface area contributed by atoms with Gasteiger partial charge in [-0.2, -0.15) is 0 Å². The molecule has 0 saturated heterocycles. The van der Waals surface area contributed by atoms with E-state index in [0.717, 1.165) is 37.0 Å². The van der Waals surface area contributed by atoms with Crippen LogP contribution in [0, 0.1) is 5.92 Å². The lowest BCUT2D eigenvalue weighted by atomic mass is 9.76. The van der Waals surface area contributed by atoms with Crippen molar-refractivity contribution < 1.29 is 9.53 Å². The Morgan fingerprint density at radius 3 is 2.86 bits per heavy atom. The topological polar surface area (TPSA) is 64.3 Å². The lowest BCUT2D eigenvalue weighted by Crippen LogP contribution is -2.56. The van der Waals surface area contributed by atoms with E-state index in [-0.39, 0.29) is 11.9 Å². The van der Waals surface area contributed by atoms with E-state index >= 15 is 0 Å². The van der Waals surface area contributed by atoms with Gasteiger partial charge in [0.15, 0.2) is 0 Å². The van der Waals surface area contributed by atoms with Crippen LogP contribution in [-0.4, -0.2) is 18.6 Å². The largest absolute Gasteiger partial charge is 0.496 e. The minimum Gasteiger partial charge on any atom is -0.496 e. The molecule has 3 atom stereocenters. The van der Waals surface area contributed by atoms with Crippen LogP contribution in [0.4, 0.5) is 0 Å². The van der Waals surface area contributed by atoms with Crippen molar-refractivity contribution in [2.45, 2.75) is 51.1 Å². The quantitative estimate of drug-likeness (QED) is 0.896. The van der Waals surface area contributed by atoms with E-state index in [1.807, 2.05) is 31.2 Å². The van der Waals surface area contributed by atoms with Crippen LogP contribution in [0.25, 0.3) is 0 Å². The first-order valence-corrected chi connectivity index (χ1v) is 7.69. The average Bonchev–Trinajstić information content (AvgIpc) is 2.46. The predicted molar refractivity (Wildman–Crippen MR) is 84.1 cm³/mol. The molecule has 2 rings (SSSR count). The van der Waals surface area contributed by atoms with Crippen molar-refractivity contribution in [2.75, 3.05) is 7.11 Å². The van der Waals surface area contributed by atoms with E-state index in [1.54, 1.807) is 7.11 Å². The highest BCUT2D eigenvalue weighted by Gasteiger charge is 2.38. The molecule has 1 aromatic rings. The molecule has 116 valence electrons. The summed E-state index contributed by atoms with van der Waals surface area (Å²) in [6.07, 6.45) is 3.71. The maximum Gasteiger partial charge on any atom is 0.240 e. The number of hydrogen-bond acceptors (Lipinski definition) is 3. The van der Waals surface area contributed by atoms with Gasteiger partial charge in [0.1, 0.15) is 5.75 Å². The number of amides is 1. The van der Waals surface area contributed by atoms with Crippen LogP contribution in [0.3, 0.4) is 0 Å². The number of ether oxygens (including phenoxy) is 1. The zero-order chi connectivity index (χ0) is 15.5. The highest BCUT2D eigenvalue weighted by Crippen LogP contribution is 2.32. The molecule has 1 fully saturated rings. The highest BCUT2D eigenvalue weighted by atomic mass is 16.5. The molecule has 1 aliphatic rings. The molecule has 0 heterocycles. The van der Waals surface area contributed by atoms with Gasteiger partial charge < -0.3 is 15.8 Å². The van der Waals surface area contributed by atoms with E-state index < -0.39 is 5.54 Å². The molecule has 0 aromatic heterocycles. The molecule has 1 aliphatic carbocycles. The van der Waals surface area contributed by atoms with E-state index in [9.17, 15) is 4.79 Å². The smallest absolute Gasteiger partial charge is 0.240 e. The number of para-hydroxylation sites is 1. The van der Waals surface area contributed by atoms with Crippen molar-refractivity contribution >= 4 is 5.91 Å². The minimum absolute atomic E-state index is 0.0487. The fourth-order valence-electron chi connectivity index (χ4n) is 3.24. The summed E-state index contributed by atoms with van der Waals surface area (Å²) in [5.74, 6) is 1.25. The van der Waals surface area contributed by atoms with Crippen LogP contribution < -0.4 is 15.8 Å². The molecule has 1 aromatic carbocycles. The zero-order valence-corrected chi connectivity index (χ0v) is 13.2. The van der Waals surface area contributed by atoms with E-state index in [0.29, 0.717) is 5.92 Å². The van der Waals surface area contributed by atoms with Crippen LogP contribution in [-0.2, 0) is 4.79 Å². The van der Waals surface area contributed by atoms with Gasteiger partial charge in [0.05, 0.1) is 18.7 Å². The Balaban J connectivity index is 2.08. The molecule has 4 heteroatoms. The first-order chi connectivity index (χ1) is 9.96. The Hall–Kier alpha value is -1.55. The molecule has 2 unspecified atom stereocenters. The maximum atomic E-state index is 12.6. The summed E-state index contributed by atoms with van der Waals surface area (Å²) in [5, 5.41) is 3.06. The van der Waals surface area contributed by atoms with Crippen molar-refractivity contribution in [1.29, 1.82) is 0 Å². The van der Waals surface area contributed by atoms with Gasteiger partial charge in [0.2, 0.25) is 5.91 Å². The van der Waals surface area contributed by atoms with Crippen LogP contribution in [0.1, 0.15) is 51.1 Å². The molecule has 0 aliphatic heterocycles. The van der Waals surface area contributed by atoms with Gasteiger partial charge in [0, 0.05) is 5.56 Å². The predicted octanol–water partition coefficient (Wildman–Crippen LogP) is 2.78. The molecule has 0 bridgehead atoms. The van der Waals surface area contributed by atoms with E-state index in [1.165, 1.54) is 0 Å². The second-order valence-electron chi connectivity index (χ2n) is 6.29. The fraction of sp³-hybridized carbons (Fsp3) is 0.588. The maximum absolute atomic E-state index is 12.6. The lowest BCUT2D eigenvalue weighted by molar-refractivity contribution is -0.128. The minimum atomic E-state index is -0.728. The average molecular weight is 290 g/mol. The molecule has 21 heavy (non-hydrogen) atoms. The summed E-state index contributed by atoms with van der Waals surface area (Å²) >= 11 is 0. The summed E-state index contributed by atoms with van der Waals surface area (Å²) in [7, 11) is 1.64. The third-order valence-corrected chi connectivity index (χ3v) is 4.44. The van der Waals surface area contributed by atoms with Gasteiger partial charge in [-0.1, -0.05) is 38.0 Å². The molecule has 1 saturated carbocycles. The first-order valence-electron chi connectivity index (χ1n) is 7.69. The number of carbonyl (C=O) groups excluding carboxylic acids is 1. The second kappa shape index (κ2) is 6.48. The SMILES string of the molecule is COc1ccccc1[C@H](C)NC(=O)C1(N)CCCC(C)C1. The second-order valence-corrected chi connectivity index (χ2v) is 6.29. The first kappa shape index (κ1) is 15.8. The monoisotopic (exact) mass is 290 g/mol. The van der Waals surface area contributed by atoms with Gasteiger partial charge in [-0.15, -0.1) is 0 Å². The van der Waals surface area contributed by atoms with E-state index in [2.05, 4.69) is 12.2 Å². The van der Waals surface area contributed by atoms with Gasteiger partial charge in [-0.05, 0) is 31.7 Å². The molecule has 0 spiro atoms. The Bertz CT molecular complexity index is 503. The van der Waals surface area contributed by atoms with Crippen molar-refractivity contribution in [3.8, 4) is 5.75 Å². The van der Waals surface area contributed by atoms with Gasteiger partial charge >= 0.3 is 0 Å². The summed E-state index contributed by atoms with van der Waals surface area (Å²) < 4.78 is 5.35. The van der Waals surface area contributed by atoms with Gasteiger partial charge in [0.25, 0.3) is 0 Å². The Morgan fingerprint density at radius 2 is 2.19 bits per heavy atom. The molecule has 0 radical (unpaired) electrons. The van der Waals surface area contributed by atoms with Crippen LogP contribution in [0.2, 0.25) is 0 Å². The Morgan fingerprint density at radius 1 is 1.48 bits per heavy atom. The number of methoxy groups -OCH3 is 1. The van der Waals surface area contributed by atoms with Crippen LogP contribution in [0.15, 0.2) is 24.3 Å². The number of carbonyl (C=O) groups is 1. The number of rotatable bonds is 4. The Labute approximate surface area is 127 Å². The van der Waals surface area contributed by atoms with Crippen molar-refractivity contribution in [3.05, 3.63) is 29.8 Å².